The van der Waals surface area contributed by atoms with Crippen molar-refractivity contribution in [2.45, 2.75) is 0 Å². The smallest absolute Gasteiger partial charge is 0.430 e. The van der Waals surface area contributed by atoms with Gasteiger partial charge in [0.1, 0.15) is 26.4 Å². The number of ether oxygens (including phenoxy) is 4. The minimum absolute atomic E-state index is 0. The first-order chi connectivity index (χ1) is 6.00. The summed E-state index contributed by atoms with van der Waals surface area (Å²) < 4.78 is 18.1. The average molecular weight is 233 g/mol. The van der Waals surface area contributed by atoms with Crippen molar-refractivity contribution >= 4 is 0 Å². The molecular weight excluding hydrogens is 215 g/mol. The van der Waals surface area contributed by atoms with Crippen molar-refractivity contribution in [2.24, 2.45) is 0 Å². The predicted octanol–water partition coefficient (Wildman–Crippen LogP) is -0.913. The molecule has 2 aliphatic heterocycles. The van der Waals surface area contributed by atoms with Crippen molar-refractivity contribution in [1.82, 2.24) is 0 Å². The Labute approximate surface area is 89.3 Å². The van der Waals surface area contributed by atoms with Crippen molar-refractivity contribution in [3.8, 4) is 0 Å². The maximum atomic E-state index is 4.98. The minimum Gasteiger partial charge on any atom is -0.430 e. The molecular formula is C8H18MnO4+4. The molecule has 1 radical (unpaired) electrons. The van der Waals surface area contributed by atoms with Gasteiger partial charge in [0.25, 0.3) is 0 Å². The fourth-order valence-corrected chi connectivity index (χ4v) is 0.944. The third kappa shape index (κ3) is 8.68. The summed E-state index contributed by atoms with van der Waals surface area (Å²) in [5.74, 6) is 0. The van der Waals surface area contributed by atoms with E-state index in [1.165, 1.54) is 0 Å². The molecule has 2 aliphatic rings. The number of hydrogen-bond acceptors (Lipinski definition) is 2. The number of rotatable bonds is 0. The van der Waals surface area contributed by atoms with Crippen molar-refractivity contribution in [2.75, 3.05) is 52.9 Å². The topological polar surface area (TPSA) is 44.1 Å². The third-order valence-electron chi connectivity index (χ3n) is 1.57. The van der Waals surface area contributed by atoms with E-state index >= 15 is 0 Å². The Kier molecular flexibility index (Phi) is 10.7. The molecule has 0 atom stereocenters. The molecule has 0 amide bonds. The molecule has 0 aromatic heterocycles. The zero-order chi connectivity index (χ0) is 8.49. The average Bonchev–Trinajstić information content (AvgIpc) is 2.24. The third-order valence-corrected chi connectivity index (χ3v) is 1.57. The maximum Gasteiger partial charge on any atom is 2.00 e. The Hall–Kier alpha value is 0.359. The Morgan fingerprint density at radius 3 is 1.00 bits per heavy atom. The van der Waals surface area contributed by atoms with E-state index in [2.05, 4.69) is 9.47 Å². The van der Waals surface area contributed by atoms with E-state index < -0.39 is 0 Å². The van der Waals surface area contributed by atoms with Crippen LogP contribution in [0.3, 0.4) is 0 Å². The summed E-state index contributed by atoms with van der Waals surface area (Å²) in [5.41, 5.74) is 0. The van der Waals surface area contributed by atoms with Gasteiger partial charge in [-0.2, -0.15) is 0 Å². The van der Waals surface area contributed by atoms with E-state index in [0.29, 0.717) is 0 Å². The molecule has 0 aromatic rings. The van der Waals surface area contributed by atoms with Crippen LogP contribution in [-0.2, 0) is 26.5 Å². The van der Waals surface area contributed by atoms with E-state index in [1.807, 2.05) is 0 Å². The van der Waals surface area contributed by atoms with E-state index in [-0.39, 0.29) is 17.1 Å². The second kappa shape index (κ2) is 10.4. The molecule has 4 nitrogen and oxygen atoms in total. The Morgan fingerprint density at radius 1 is 0.615 bits per heavy atom. The first-order valence-corrected chi connectivity index (χ1v) is 4.42. The van der Waals surface area contributed by atoms with Crippen LogP contribution in [0, 0.1) is 0 Å². The summed E-state index contributed by atoms with van der Waals surface area (Å²) in [6, 6.07) is 0. The molecule has 0 aliphatic carbocycles. The van der Waals surface area contributed by atoms with Crippen LogP contribution >= 0.6 is 0 Å². The van der Waals surface area contributed by atoms with Crippen molar-refractivity contribution in [1.29, 1.82) is 0 Å². The zero-order valence-electron chi connectivity index (χ0n) is 7.75. The van der Waals surface area contributed by atoms with Gasteiger partial charge in [0.05, 0.1) is 0 Å². The summed E-state index contributed by atoms with van der Waals surface area (Å²) in [4.78, 5) is 0. The van der Waals surface area contributed by atoms with Gasteiger partial charge in [0.2, 0.25) is 0 Å². The quantitative estimate of drug-likeness (QED) is 0.401. The van der Waals surface area contributed by atoms with E-state index in [4.69, 9.17) is 9.47 Å². The van der Waals surface area contributed by atoms with Crippen LogP contribution in [0.15, 0.2) is 0 Å². The van der Waals surface area contributed by atoms with E-state index in [0.717, 1.165) is 52.9 Å². The summed E-state index contributed by atoms with van der Waals surface area (Å²) in [5, 5.41) is 0. The van der Waals surface area contributed by atoms with Gasteiger partial charge in [-0.15, -0.1) is 0 Å². The van der Waals surface area contributed by atoms with Gasteiger partial charge in [-0.3, -0.25) is 0 Å². The molecule has 5 heteroatoms. The summed E-state index contributed by atoms with van der Waals surface area (Å²) in [7, 11) is 0. The second-order valence-corrected chi connectivity index (χ2v) is 2.57. The number of hydrogen-bond donors (Lipinski definition) is 0. The van der Waals surface area contributed by atoms with Crippen molar-refractivity contribution in [3.05, 3.63) is 0 Å². The van der Waals surface area contributed by atoms with Crippen LogP contribution in [0.5, 0.6) is 0 Å². The molecule has 2 heterocycles. The molecule has 77 valence electrons. The summed E-state index contributed by atoms with van der Waals surface area (Å²) in [6.45, 7) is 6.94. The predicted molar refractivity (Wildman–Crippen MR) is 45.5 cm³/mol. The summed E-state index contributed by atoms with van der Waals surface area (Å²) >= 11 is 0. The van der Waals surface area contributed by atoms with Crippen molar-refractivity contribution in [3.63, 3.8) is 0 Å². The molecule has 0 aromatic carbocycles. The van der Waals surface area contributed by atoms with Crippen LogP contribution in [-0.4, -0.2) is 62.3 Å². The fraction of sp³-hybridized carbons (Fsp3) is 1.00. The standard InChI is InChI=1S/2C4H8O2.Mn/c2*1-2-6-4-3-5-1;/h2*1-4H2;/q;;+2/p+2. The second-order valence-electron chi connectivity index (χ2n) is 2.57. The first kappa shape index (κ1) is 13.4. The van der Waals surface area contributed by atoms with Gasteiger partial charge in [-0.1, -0.05) is 0 Å². The minimum atomic E-state index is 0. The molecule has 2 N–H and O–H groups in total. The first-order valence-electron chi connectivity index (χ1n) is 4.42. The van der Waals surface area contributed by atoms with Crippen LogP contribution in [0.1, 0.15) is 0 Å². The van der Waals surface area contributed by atoms with Gasteiger partial charge in [0, 0.05) is 0 Å². The van der Waals surface area contributed by atoms with Gasteiger partial charge in [0.15, 0.2) is 26.4 Å². The molecule has 2 saturated heterocycles. The molecule has 2 rings (SSSR count). The largest absolute Gasteiger partial charge is 2.00 e. The maximum absolute atomic E-state index is 4.98. The number of aliphatic hydroxyl groups is 4. The molecule has 0 spiro atoms. The monoisotopic (exact) mass is 233 g/mol. The molecule has 13 heavy (non-hydrogen) atoms. The Morgan fingerprint density at radius 2 is 0.923 bits per heavy atom. The molecule has 0 saturated carbocycles. The van der Waals surface area contributed by atoms with Crippen LogP contribution in [0.25, 0.3) is 0 Å². The Bertz CT molecular complexity index is 59.1. The SMILES string of the molecule is C1C[OH+]CCO1.C1C[OH+]CCO1.[Mn+2]. The zero-order valence-corrected chi connectivity index (χ0v) is 8.93. The molecule has 0 unspecified atom stereocenters. The Balaban J connectivity index is 0.000000206. The molecule has 2 fully saturated rings. The summed E-state index contributed by atoms with van der Waals surface area (Å²) in [6.07, 6.45) is 0. The van der Waals surface area contributed by atoms with Crippen LogP contribution in [0.2, 0.25) is 0 Å². The van der Waals surface area contributed by atoms with Gasteiger partial charge >= 0.3 is 17.1 Å². The van der Waals surface area contributed by atoms with Crippen molar-refractivity contribution < 1.29 is 36.0 Å². The molecule has 0 bridgehead atoms. The normalized spacial score (nSPS) is 22.2. The van der Waals surface area contributed by atoms with Crippen LogP contribution < -0.4 is 0 Å². The van der Waals surface area contributed by atoms with Gasteiger partial charge in [-0.25, -0.2) is 0 Å². The fourth-order valence-electron chi connectivity index (χ4n) is 0.944. The van der Waals surface area contributed by atoms with Gasteiger partial charge in [-0.05, 0) is 0 Å². The van der Waals surface area contributed by atoms with Crippen LogP contribution in [0.4, 0.5) is 0 Å². The van der Waals surface area contributed by atoms with Gasteiger partial charge < -0.3 is 18.9 Å². The van der Waals surface area contributed by atoms with E-state index in [9.17, 15) is 0 Å². The van der Waals surface area contributed by atoms with E-state index in [1.54, 1.807) is 0 Å².